The first kappa shape index (κ1) is 18.4. The number of benzene rings is 2. The van der Waals surface area contributed by atoms with Crippen molar-refractivity contribution >= 4 is 57.3 Å². The number of thioether (sulfide) groups is 1. The molecule has 0 fully saturated rings. The summed E-state index contributed by atoms with van der Waals surface area (Å²) in [7, 11) is 0. The number of rotatable bonds is 4. The average molecular weight is 432 g/mol. The van der Waals surface area contributed by atoms with Crippen LogP contribution >= 0.6 is 46.9 Å². The average Bonchev–Trinajstić information content (AvgIpc) is 2.98. The first-order valence-electron chi connectivity index (χ1n) is 8.12. The molecule has 2 aromatic heterocycles. The van der Waals surface area contributed by atoms with Crippen molar-refractivity contribution in [2.24, 2.45) is 0 Å². The van der Waals surface area contributed by atoms with Gasteiger partial charge >= 0.3 is 0 Å². The topological polar surface area (TPSA) is 50.7 Å². The number of H-pyrrole nitrogens is 1. The summed E-state index contributed by atoms with van der Waals surface area (Å²) in [6.45, 7) is 2.01. The molecular formula is C19H14ClN3OS3. The molecule has 27 heavy (non-hydrogen) atoms. The van der Waals surface area contributed by atoms with E-state index in [4.69, 9.17) is 28.8 Å². The van der Waals surface area contributed by atoms with Crippen LogP contribution in [-0.2, 0) is 5.75 Å². The van der Waals surface area contributed by atoms with Crippen molar-refractivity contribution in [2.45, 2.75) is 17.8 Å². The van der Waals surface area contributed by atoms with Gasteiger partial charge in [-0.2, -0.15) is 0 Å². The van der Waals surface area contributed by atoms with E-state index in [2.05, 4.69) is 4.98 Å². The van der Waals surface area contributed by atoms with Gasteiger partial charge in [-0.1, -0.05) is 71.1 Å². The van der Waals surface area contributed by atoms with Gasteiger partial charge in [-0.3, -0.25) is 9.36 Å². The molecule has 8 heteroatoms. The maximum atomic E-state index is 12.6. The number of aryl methyl sites for hydroxylation is 1. The molecule has 0 aliphatic carbocycles. The summed E-state index contributed by atoms with van der Waals surface area (Å²) >= 11 is 14.5. The molecule has 0 unspecified atom stereocenters. The van der Waals surface area contributed by atoms with Crippen LogP contribution in [0.5, 0.6) is 0 Å². The molecule has 0 saturated carbocycles. The maximum Gasteiger partial charge on any atom is 0.271 e. The Bertz CT molecular complexity index is 1260. The number of para-hydroxylation sites is 1. The highest BCUT2D eigenvalue weighted by atomic mass is 35.5. The highest BCUT2D eigenvalue weighted by Gasteiger charge is 2.15. The summed E-state index contributed by atoms with van der Waals surface area (Å²) in [5, 5.41) is 1.24. The van der Waals surface area contributed by atoms with E-state index in [1.807, 2.05) is 60.0 Å². The summed E-state index contributed by atoms with van der Waals surface area (Å²) in [6.07, 6.45) is 0. The molecule has 0 spiro atoms. The summed E-state index contributed by atoms with van der Waals surface area (Å²) in [5.74, 6) is 0.614. The summed E-state index contributed by atoms with van der Waals surface area (Å²) in [5.41, 5.74) is 3.41. The number of nitrogens with one attached hydrogen (secondary N) is 1. The lowest BCUT2D eigenvalue weighted by Gasteiger charge is -2.08. The summed E-state index contributed by atoms with van der Waals surface area (Å²) in [6, 6.07) is 15.6. The van der Waals surface area contributed by atoms with Gasteiger partial charge in [0.25, 0.3) is 5.56 Å². The third kappa shape index (κ3) is 3.60. The van der Waals surface area contributed by atoms with Gasteiger partial charge in [-0.15, -0.1) is 0 Å². The van der Waals surface area contributed by atoms with Crippen LogP contribution in [-0.4, -0.2) is 14.5 Å². The second kappa shape index (κ2) is 7.59. The second-order valence-corrected chi connectivity index (χ2v) is 8.91. The Morgan fingerprint density at radius 2 is 1.96 bits per heavy atom. The maximum absolute atomic E-state index is 12.6. The second-order valence-electron chi connectivity index (χ2n) is 5.89. The molecule has 4 nitrogen and oxygen atoms in total. The van der Waals surface area contributed by atoms with Crippen LogP contribution in [0.1, 0.15) is 11.1 Å². The largest absolute Gasteiger partial charge is 0.300 e. The normalized spacial score (nSPS) is 11.2. The van der Waals surface area contributed by atoms with Gasteiger partial charge in [0.2, 0.25) is 0 Å². The summed E-state index contributed by atoms with van der Waals surface area (Å²) < 4.78 is 3.01. The third-order valence-corrected chi connectivity index (χ3v) is 6.75. The van der Waals surface area contributed by atoms with Gasteiger partial charge in [-0.05, 0) is 42.4 Å². The van der Waals surface area contributed by atoms with Crippen molar-refractivity contribution in [1.82, 2.24) is 14.5 Å². The lowest BCUT2D eigenvalue weighted by molar-refractivity contribution is 0.941. The fourth-order valence-electron chi connectivity index (χ4n) is 2.75. The number of fused-ring (bicyclic) bond motifs is 1. The SMILES string of the molecule is Cc1ccccc1-n1c(=S)sc2c(=O)[nH]c(SCc3ccccc3Cl)nc21. The first-order chi connectivity index (χ1) is 13.0. The van der Waals surface area contributed by atoms with Crippen molar-refractivity contribution in [3.05, 3.63) is 79.0 Å². The molecule has 2 aromatic carbocycles. The number of thiazole rings is 1. The van der Waals surface area contributed by atoms with Crippen LogP contribution in [0, 0.1) is 10.9 Å². The Hall–Kier alpha value is -1.93. The van der Waals surface area contributed by atoms with E-state index in [9.17, 15) is 4.79 Å². The number of aromatic amines is 1. The third-order valence-electron chi connectivity index (χ3n) is 4.10. The van der Waals surface area contributed by atoms with Crippen molar-refractivity contribution in [3.8, 4) is 5.69 Å². The van der Waals surface area contributed by atoms with Crippen LogP contribution in [0.25, 0.3) is 16.0 Å². The minimum atomic E-state index is -0.176. The molecule has 0 radical (unpaired) electrons. The number of hydrogen-bond acceptors (Lipinski definition) is 5. The Labute approximate surface area is 173 Å². The molecule has 0 amide bonds. The van der Waals surface area contributed by atoms with Gasteiger partial charge in [0.05, 0.1) is 5.69 Å². The predicted molar refractivity (Wildman–Crippen MR) is 116 cm³/mol. The molecular weight excluding hydrogens is 418 g/mol. The molecule has 136 valence electrons. The quantitative estimate of drug-likeness (QED) is 0.253. The Kier molecular flexibility index (Phi) is 5.19. The Morgan fingerprint density at radius 1 is 1.22 bits per heavy atom. The monoisotopic (exact) mass is 431 g/mol. The molecule has 1 N–H and O–H groups in total. The standard InChI is InChI=1S/C19H14ClN3OS3/c1-11-6-2-5-9-14(11)23-16-15(27-19(23)25)17(24)22-18(21-16)26-10-12-7-3-4-8-13(12)20/h2-9H,10H2,1H3,(H,21,22,24). The van der Waals surface area contributed by atoms with Crippen molar-refractivity contribution in [2.75, 3.05) is 0 Å². The predicted octanol–water partition coefficient (Wildman–Crippen LogP) is 5.76. The van der Waals surface area contributed by atoms with E-state index in [1.54, 1.807) is 0 Å². The van der Waals surface area contributed by atoms with Crippen LogP contribution in [0.4, 0.5) is 0 Å². The highest BCUT2D eigenvalue weighted by molar-refractivity contribution is 7.98. The van der Waals surface area contributed by atoms with Crippen LogP contribution in [0.3, 0.4) is 0 Å². The van der Waals surface area contributed by atoms with Gasteiger partial charge < -0.3 is 4.98 Å². The zero-order valence-electron chi connectivity index (χ0n) is 14.2. The number of aromatic nitrogens is 3. The van der Waals surface area contributed by atoms with Crippen LogP contribution < -0.4 is 5.56 Å². The molecule has 0 atom stereocenters. The smallest absolute Gasteiger partial charge is 0.271 e. The van der Waals surface area contributed by atoms with Gasteiger partial charge in [0.1, 0.15) is 4.70 Å². The van der Waals surface area contributed by atoms with E-state index in [0.717, 1.165) is 16.8 Å². The van der Waals surface area contributed by atoms with E-state index in [-0.39, 0.29) is 5.56 Å². The van der Waals surface area contributed by atoms with Crippen LogP contribution in [0.15, 0.2) is 58.5 Å². The number of nitrogens with zero attached hydrogens (tertiary/aromatic N) is 2. The molecule has 0 aliphatic rings. The first-order valence-corrected chi connectivity index (χ1v) is 10.7. The van der Waals surface area contributed by atoms with Crippen molar-refractivity contribution in [1.29, 1.82) is 0 Å². The molecule has 0 saturated heterocycles. The van der Waals surface area contributed by atoms with Crippen molar-refractivity contribution in [3.63, 3.8) is 0 Å². The zero-order chi connectivity index (χ0) is 19.0. The van der Waals surface area contributed by atoms with Gasteiger partial charge in [-0.25, -0.2) is 4.98 Å². The van der Waals surface area contributed by atoms with E-state index in [0.29, 0.717) is 30.2 Å². The Balaban J connectivity index is 1.80. The van der Waals surface area contributed by atoms with Crippen LogP contribution in [0.2, 0.25) is 5.02 Å². The molecule has 2 heterocycles. The molecule has 0 bridgehead atoms. The van der Waals surface area contributed by atoms with E-state index >= 15 is 0 Å². The zero-order valence-corrected chi connectivity index (χ0v) is 17.4. The number of hydrogen-bond donors (Lipinski definition) is 1. The number of halogens is 1. The van der Waals surface area contributed by atoms with E-state index in [1.165, 1.54) is 23.1 Å². The minimum absolute atomic E-state index is 0.176. The summed E-state index contributed by atoms with van der Waals surface area (Å²) in [4.78, 5) is 20.1. The molecule has 4 aromatic rings. The highest BCUT2D eigenvalue weighted by Crippen LogP contribution is 2.28. The Morgan fingerprint density at radius 3 is 2.74 bits per heavy atom. The molecule has 4 rings (SSSR count). The lowest BCUT2D eigenvalue weighted by Crippen LogP contribution is -2.09. The van der Waals surface area contributed by atoms with E-state index < -0.39 is 0 Å². The molecule has 0 aliphatic heterocycles. The fourth-order valence-corrected chi connectivity index (χ4v) is 5.15. The van der Waals surface area contributed by atoms with Gasteiger partial charge in [0, 0.05) is 10.8 Å². The fraction of sp³-hybridized carbons (Fsp3) is 0.105. The minimum Gasteiger partial charge on any atom is -0.300 e. The van der Waals surface area contributed by atoms with Crippen molar-refractivity contribution < 1.29 is 0 Å². The lowest BCUT2D eigenvalue weighted by atomic mass is 10.2. The van der Waals surface area contributed by atoms with Gasteiger partial charge in [0.15, 0.2) is 14.8 Å².